The summed E-state index contributed by atoms with van der Waals surface area (Å²) < 4.78 is 0.736. The molecule has 0 aromatic carbocycles. The van der Waals surface area contributed by atoms with Crippen LogP contribution in [0.1, 0.15) is 67.2 Å². The number of carbonyl (C=O) groups is 1. The van der Waals surface area contributed by atoms with Gasteiger partial charge in [0.15, 0.2) is 5.69 Å². The Hall–Kier alpha value is -1.89. The van der Waals surface area contributed by atoms with E-state index in [-0.39, 0.29) is 11.8 Å². The van der Waals surface area contributed by atoms with Crippen molar-refractivity contribution < 1.29 is 4.79 Å². The molecule has 1 fully saturated rings. The van der Waals surface area contributed by atoms with E-state index in [2.05, 4.69) is 55.2 Å². The van der Waals surface area contributed by atoms with Crippen molar-refractivity contribution in [3.63, 3.8) is 0 Å². The molecule has 3 heterocycles. The molecule has 2 aromatic heterocycles. The predicted molar refractivity (Wildman–Crippen MR) is 106 cm³/mol. The van der Waals surface area contributed by atoms with Crippen molar-refractivity contribution in [2.45, 2.75) is 52.0 Å². The highest BCUT2D eigenvalue weighted by Gasteiger charge is 2.19. The van der Waals surface area contributed by atoms with E-state index in [4.69, 9.17) is 0 Å². The van der Waals surface area contributed by atoms with Crippen molar-refractivity contribution in [2.75, 3.05) is 18.0 Å². The summed E-state index contributed by atoms with van der Waals surface area (Å²) in [5.41, 5.74) is 2.30. The van der Waals surface area contributed by atoms with Crippen molar-refractivity contribution in [1.29, 1.82) is 0 Å². The van der Waals surface area contributed by atoms with Crippen LogP contribution in [0.2, 0.25) is 0 Å². The fourth-order valence-corrected chi connectivity index (χ4v) is 3.96. The van der Waals surface area contributed by atoms with Gasteiger partial charge in [0.2, 0.25) is 0 Å². The van der Waals surface area contributed by atoms with E-state index in [1.165, 1.54) is 25.7 Å². The van der Waals surface area contributed by atoms with Crippen molar-refractivity contribution in [1.82, 2.24) is 20.5 Å². The first kappa shape index (κ1) is 18.9. The lowest BCUT2D eigenvalue weighted by molar-refractivity contribution is 0.0945. The number of hydrogen-bond donors (Lipinski definition) is 2. The summed E-state index contributed by atoms with van der Waals surface area (Å²) in [4.78, 5) is 19.3. The van der Waals surface area contributed by atoms with Gasteiger partial charge in [0.05, 0.1) is 10.2 Å². The lowest BCUT2D eigenvalue weighted by Gasteiger charge is -2.21. The summed E-state index contributed by atoms with van der Waals surface area (Å²) in [6, 6.07) is 4.08. The van der Waals surface area contributed by atoms with Crippen molar-refractivity contribution in [3.8, 4) is 0 Å². The molecule has 140 valence electrons. The number of hydrogen-bond acceptors (Lipinski definition) is 4. The van der Waals surface area contributed by atoms with Gasteiger partial charge in [-0.25, -0.2) is 4.98 Å². The average Bonchev–Trinajstić information content (AvgIpc) is 2.84. The number of carbonyl (C=O) groups excluding carboxylic acids is 1. The molecule has 3 rings (SSSR count). The summed E-state index contributed by atoms with van der Waals surface area (Å²) in [6.07, 6.45) is 6.93. The third-order valence-electron chi connectivity index (χ3n) is 4.72. The van der Waals surface area contributed by atoms with Crippen molar-refractivity contribution >= 4 is 27.7 Å². The minimum absolute atomic E-state index is 0.198. The van der Waals surface area contributed by atoms with E-state index in [1.807, 2.05) is 18.3 Å². The second-order valence-electron chi connectivity index (χ2n) is 7.06. The molecule has 1 aliphatic heterocycles. The van der Waals surface area contributed by atoms with Crippen LogP contribution in [0.15, 0.2) is 22.8 Å². The Kier molecular flexibility index (Phi) is 6.29. The number of amides is 1. The second-order valence-corrected chi connectivity index (χ2v) is 7.86. The first-order valence-corrected chi connectivity index (χ1v) is 10.1. The third-order valence-corrected chi connectivity index (χ3v) is 5.52. The summed E-state index contributed by atoms with van der Waals surface area (Å²) in [6.45, 7) is 6.69. The van der Waals surface area contributed by atoms with Crippen LogP contribution in [0.3, 0.4) is 0 Å². The van der Waals surface area contributed by atoms with Gasteiger partial charge >= 0.3 is 0 Å². The molecule has 26 heavy (non-hydrogen) atoms. The molecule has 0 saturated carbocycles. The van der Waals surface area contributed by atoms with Crippen LogP contribution < -0.4 is 10.2 Å². The van der Waals surface area contributed by atoms with Crippen LogP contribution in [0.25, 0.3) is 0 Å². The maximum atomic E-state index is 12.4. The molecular weight excluding hydrogens is 394 g/mol. The highest BCUT2D eigenvalue weighted by molar-refractivity contribution is 9.10. The summed E-state index contributed by atoms with van der Waals surface area (Å²) in [7, 11) is 0. The normalized spacial score (nSPS) is 15.2. The Morgan fingerprint density at radius 3 is 2.58 bits per heavy atom. The van der Waals surface area contributed by atoms with Crippen molar-refractivity contribution in [2.24, 2.45) is 0 Å². The molecule has 7 heteroatoms. The quantitative estimate of drug-likeness (QED) is 0.767. The average molecular weight is 420 g/mol. The first-order chi connectivity index (χ1) is 12.6. The maximum absolute atomic E-state index is 12.4. The largest absolute Gasteiger partial charge is 0.357 e. The van der Waals surface area contributed by atoms with Crippen LogP contribution >= 0.6 is 15.9 Å². The number of anilines is 1. The topological polar surface area (TPSA) is 73.9 Å². The summed E-state index contributed by atoms with van der Waals surface area (Å²) in [5.74, 6) is 1.10. The van der Waals surface area contributed by atoms with Gasteiger partial charge < -0.3 is 10.2 Å². The number of halogens is 1. The van der Waals surface area contributed by atoms with E-state index in [1.54, 1.807) is 0 Å². The van der Waals surface area contributed by atoms with Gasteiger partial charge in [-0.2, -0.15) is 5.10 Å². The molecule has 0 atom stereocenters. The number of H-pyrrole nitrogens is 1. The van der Waals surface area contributed by atoms with Gasteiger partial charge in [0, 0.05) is 25.8 Å². The van der Waals surface area contributed by atoms with E-state index in [9.17, 15) is 4.79 Å². The molecule has 2 aromatic rings. The van der Waals surface area contributed by atoms with E-state index >= 15 is 0 Å². The lowest BCUT2D eigenvalue weighted by atomic mass is 10.1. The fourth-order valence-electron chi connectivity index (χ4n) is 3.15. The third kappa shape index (κ3) is 4.44. The smallest absolute Gasteiger partial charge is 0.273 e. The molecule has 0 unspecified atom stereocenters. The Morgan fingerprint density at radius 2 is 2.00 bits per heavy atom. The van der Waals surface area contributed by atoms with Gasteiger partial charge in [-0.3, -0.25) is 9.89 Å². The highest BCUT2D eigenvalue weighted by atomic mass is 79.9. The zero-order chi connectivity index (χ0) is 18.5. The second kappa shape index (κ2) is 8.66. The van der Waals surface area contributed by atoms with Crippen LogP contribution in [-0.2, 0) is 6.54 Å². The molecule has 6 nitrogen and oxygen atoms in total. The first-order valence-electron chi connectivity index (χ1n) is 9.28. The Morgan fingerprint density at radius 1 is 1.27 bits per heavy atom. The standard InChI is InChI=1S/C19H26BrN5O/c1-13(2)17-16(20)18(24-23-17)19(26)22-12-14-7-8-15(21-11-14)25-9-5-3-4-6-10-25/h7-8,11,13H,3-6,9-10,12H2,1-2H3,(H,22,26)(H,23,24). The molecule has 1 amide bonds. The molecule has 2 N–H and O–H groups in total. The van der Waals surface area contributed by atoms with Crippen LogP contribution in [0.5, 0.6) is 0 Å². The van der Waals surface area contributed by atoms with Crippen LogP contribution in [0.4, 0.5) is 5.82 Å². The van der Waals surface area contributed by atoms with Gasteiger partial charge in [0.25, 0.3) is 5.91 Å². The van der Waals surface area contributed by atoms with Gasteiger partial charge in [-0.15, -0.1) is 0 Å². The van der Waals surface area contributed by atoms with E-state index in [0.717, 1.165) is 34.6 Å². The summed E-state index contributed by atoms with van der Waals surface area (Å²) in [5, 5.41) is 9.97. The highest BCUT2D eigenvalue weighted by Crippen LogP contribution is 2.25. The number of pyridine rings is 1. The van der Waals surface area contributed by atoms with Gasteiger partial charge in [-0.05, 0) is 46.3 Å². The predicted octanol–water partition coefficient (Wildman–Crippen LogP) is 4.00. The number of nitrogens with one attached hydrogen (secondary N) is 2. The Labute approximate surface area is 162 Å². The zero-order valence-corrected chi connectivity index (χ0v) is 17.0. The lowest BCUT2D eigenvalue weighted by Crippen LogP contribution is -2.25. The van der Waals surface area contributed by atoms with Gasteiger partial charge in [-0.1, -0.05) is 32.8 Å². The molecule has 0 bridgehead atoms. The monoisotopic (exact) mass is 419 g/mol. The maximum Gasteiger partial charge on any atom is 0.273 e. The minimum atomic E-state index is -0.198. The molecule has 0 aliphatic carbocycles. The summed E-state index contributed by atoms with van der Waals surface area (Å²) >= 11 is 3.47. The molecule has 0 radical (unpaired) electrons. The van der Waals surface area contributed by atoms with E-state index in [0.29, 0.717) is 12.2 Å². The molecule has 1 saturated heterocycles. The number of rotatable bonds is 5. The molecular formula is C19H26BrN5O. The zero-order valence-electron chi connectivity index (χ0n) is 15.4. The molecule has 1 aliphatic rings. The number of aromatic amines is 1. The van der Waals surface area contributed by atoms with Crippen LogP contribution in [0, 0.1) is 0 Å². The van der Waals surface area contributed by atoms with E-state index < -0.39 is 0 Å². The van der Waals surface area contributed by atoms with Crippen LogP contribution in [-0.4, -0.2) is 34.2 Å². The number of aromatic nitrogens is 3. The van der Waals surface area contributed by atoms with Gasteiger partial charge in [0.1, 0.15) is 5.82 Å². The Balaban J connectivity index is 1.58. The number of nitrogens with zero attached hydrogens (tertiary/aromatic N) is 3. The minimum Gasteiger partial charge on any atom is -0.357 e. The Bertz CT molecular complexity index is 733. The SMILES string of the molecule is CC(C)c1[nH]nc(C(=O)NCc2ccc(N3CCCCCC3)nc2)c1Br. The fraction of sp³-hybridized carbons (Fsp3) is 0.526. The van der Waals surface area contributed by atoms with Crippen molar-refractivity contribution in [3.05, 3.63) is 39.8 Å². The molecule has 0 spiro atoms.